The molecular weight excluding hydrogens is 382 g/mol. The Labute approximate surface area is 178 Å². The summed E-state index contributed by atoms with van der Waals surface area (Å²) in [6, 6.07) is 12.0. The largest absolute Gasteiger partial charge is 0.378 e. The summed E-state index contributed by atoms with van der Waals surface area (Å²) in [5, 5.41) is 5.06. The summed E-state index contributed by atoms with van der Waals surface area (Å²) in [6.45, 7) is 4.83. The molecule has 156 valence electrons. The zero-order chi connectivity index (χ0) is 19.6. The zero-order valence-corrected chi connectivity index (χ0v) is 17.9. The van der Waals surface area contributed by atoms with Crippen LogP contribution in [0, 0.1) is 4.77 Å². The van der Waals surface area contributed by atoms with Crippen LogP contribution in [0.2, 0.25) is 0 Å². The Morgan fingerprint density at radius 3 is 2.38 bits per heavy atom. The van der Waals surface area contributed by atoms with E-state index in [-0.39, 0.29) is 0 Å². The maximum Gasteiger partial charge on any atom is 0.226 e. The smallest absolute Gasteiger partial charge is 0.226 e. The summed E-state index contributed by atoms with van der Waals surface area (Å²) in [5.74, 6) is 0.990. The van der Waals surface area contributed by atoms with Crippen LogP contribution in [-0.4, -0.2) is 57.6 Å². The molecule has 0 unspecified atom stereocenters. The van der Waals surface area contributed by atoms with Crippen molar-refractivity contribution in [1.29, 1.82) is 0 Å². The van der Waals surface area contributed by atoms with Crippen LogP contribution in [0.3, 0.4) is 0 Å². The third-order valence-electron chi connectivity index (χ3n) is 6.49. The maximum absolute atomic E-state index is 5.96. The third-order valence-corrected chi connectivity index (χ3v) is 6.92. The van der Waals surface area contributed by atoms with E-state index in [1.54, 1.807) is 0 Å². The second kappa shape index (κ2) is 8.58. The molecule has 3 fully saturated rings. The highest BCUT2D eigenvalue weighted by Crippen LogP contribution is 2.35. The number of nitrogens with zero attached hydrogens (tertiary/aromatic N) is 5. The first kappa shape index (κ1) is 19.3. The molecule has 2 aromatic rings. The Bertz CT molecular complexity index is 863. The van der Waals surface area contributed by atoms with Crippen molar-refractivity contribution in [3.8, 4) is 0 Å². The van der Waals surface area contributed by atoms with Crippen LogP contribution in [-0.2, 0) is 18.0 Å². The molecule has 7 heteroatoms. The summed E-state index contributed by atoms with van der Waals surface area (Å²) >= 11 is 5.96. The first-order chi connectivity index (χ1) is 14.3. The molecule has 2 aliphatic carbocycles. The molecule has 5 rings (SSSR count). The van der Waals surface area contributed by atoms with Crippen molar-refractivity contribution in [2.75, 3.05) is 31.2 Å². The van der Waals surface area contributed by atoms with Crippen LogP contribution in [0.5, 0.6) is 0 Å². The number of hydrogen-bond donors (Lipinski definition) is 0. The first-order valence-corrected chi connectivity index (χ1v) is 11.5. The minimum atomic E-state index is 0.704. The minimum Gasteiger partial charge on any atom is -0.378 e. The average Bonchev–Trinajstić information content (AvgIpc) is 3.37. The predicted octanol–water partition coefficient (Wildman–Crippen LogP) is 3.66. The van der Waals surface area contributed by atoms with Crippen LogP contribution in [0.1, 0.15) is 44.1 Å². The van der Waals surface area contributed by atoms with Gasteiger partial charge in [-0.05, 0) is 43.5 Å². The minimum absolute atomic E-state index is 0.704. The van der Waals surface area contributed by atoms with Gasteiger partial charge in [0.1, 0.15) is 0 Å². The van der Waals surface area contributed by atoms with Crippen molar-refractivity contribution < 1.29 is 4.74 Å². The number of anilines is 1. The van der Waals surface area contributed by atoms with Crippen molar-refractivity contribution in [1.82, 2.24) is 19.2 Å². The Hall–Kier alpha value is -1.70. The van der Waals surface area contributed by atoms with E-state index in [0.717, 1.165) is 56.3 Å². The number of rotatable bonds is 7. The van der Waals surface area contributed by atoms with Crippen molar-refractivity contribution in [2.24, 2.45) is 0 Å². The second-order valence-corrected chi connectivity index (χ2v) is 8.94. The lowest BCUT2D eigenvalue weighted by atomic mass is 10.2. The fourth-order valence-electron chi connectivity index (χ4n) is 4.75. The molecule has 1 saturated heterocycles. The van der Waals surface area contributed by atoms with Gasteiger partial charge in [0.15, 0.2) is 0 Å². The van der Waals surface area contributed by atoms with Gasteiger partial charge >= 0.3 is 0 Å². The van der Waals surface area contributed by atoms with E-state index >= 15 is 0 Å². The molecule has 1 aromatic carbocycles. The Morgan fingerprint density at radius 1 is 1.00 bits per heavy atom. The number of benzene rings is 1. The SMILES string of the molecule is S=c1n(CN(C2CCCC2)C2CC2)nc(N2CCOCC2)n1Cc1ccccc1. The van der Waals surface area contributed by atoms with Crippen molar-refractivity contribution in [3.63, 3.8) is 0 Å². The lowest BCUT2D eigenvalue weighted by Crippen LogP contribution is -2.38. The van der Waals surface area contributed by atoms with Crippen LogP contribution in [0.4, 0.5) is 5.95 Å². The summed E-state index contributed by atoms with van der Waals surface area (Å²) in [6.07, 6.45) is 8.02. The number of morpholine rings is 1. The number of ether oxygens (including phenoxy) is 1. The van der Waals surface area contributed by atoms with Gasteiger partial charge in [0.05, 0.1) is 26.4 Å². The summed E-state index contributed by atoms with van der Waals surface area (Å²) in [5.41, 5.74) is 1.26. The molecule has 0 radical (unpaired) electrons. The van der Waals surface area contributed by atoms with Gasteiger partial charge in [-0.2, -0.15) is 0 Å². The van der Waals surface area contributed by atoms with E-state index in [4.69, 9.17) is 22.1 Å². The van der Waals surface area contributed by atoms with Gasteiger partial charge in [-0.25, -0.2) is 4.68 Å². The number of hydrogen-bond acceptors (Lipinski definition) is 5. The quantitative estimate of drug-likeness (QED) is 0.648. The molecule has 3 aliphatic rings. The van der Waals surface area contributed by atoms with Crippen molar-refractivity contribution in [3.05, 3.63) is 40.7 Å². The highest BCUT2D eigenvalue weighted by molar-refractivity contribution is 7.71. The fourth-order valence-corrected chi connectivity index (χ4v) is 4.99. The van der Waals surface area contributed by atoms with Gasteiger partial charge in [-0.1, -0.05) is 43.2 Å². The normalized spacial score (nSPS) is 20.7. The zero-order valence-electron chi connectivity index (χ0n) is 17.1. The molecule has 0 N–H and O–H groups in total. The van der Waals surface area contributed by atoms with Gasteiger partial charge in [0.2, 0.25) is 10.7 Å². The third kappa shape index (κ3) is 4.27. The summed E-state index contributed by atoms with van der Waals surface area (Å²) in [4.78, 5) is 5.02. The molecule has 0 atom stereocenters. The Balaban J connectivity index is 1.45. The average molecular weight is 414 g/mol. The van der Waals surface area contributed by atoms with Crippen LogP contribution < -0.4 is 4.90 Å². The fraction of sp³-hybridized carbons (Fsp3) is 0.636. The standard InChI is InChI=1S/C22H31N5OS/c29-22-25(16-18-6-2-1-3-7-18)21(24-12-14-28-15-13-24)23-27(22)17-26(20-10-11-20)19-8-4-5-9-19/h1-3,6-7,19-20H,4-5,8-17H2. The topological polar surface area (TPSA) is 38.5 Å². The summed E-state index contributed by atoms with van der Waals surface area (Å²) in [7, 11) is 0. The molecule has 2 saturated carbocycles. The van der Waals surface area contributed by atoms with E-state index in [0.29, 0.717) is 6.04 Å². The van der Waals surface area contributed by atoms with Crippen LogP contribution in [0.25, 0.3) is 0 Å². The van der Waals surface area contributed by atoms with E-state index in [9.17, 15) is 0 Å². The van der Waals surface area contributed by atoms with Gasteiger partial charge in [-0.15, -0.1) is 5.10 Å². The van der Waals surface area contributed by atoms with E-state index in [2.05, 4.69) is 49.4 Å². The molecule has 29 heavy (non-hydrogen) atoms. The van der Waals surface area contributed by atoms with Crippen molar-refractivity contribution in [2.45, 2.75) is 63.8 Å². The summed E-state index contributed by atoms with van der Waals surface area (Å²) < 4.78 is 10.7. The second-order valence-electron chi connectivity index (χ2n) is 8.58. The van der Waals surface area contributed by atoms with Crippen LogP contribution >= 0.6 is 12.2 Å². The molecule has 1 aliphatic heterocycles. The van der Waals surface area contributed by atoms with E-state index in [1.807, 2.05) is 0 Å². The van der Waals surface area contributed by atoms with Crippen LogP contribution in [0.15, 0.2) is 30.3 Å². The molecule has 0 spiro atoms. The monoisotopic (exact) mass is 413 g/mol. The van der Waals surface area contributed by atoms with Gasteiger partial charge in [0.25, 0.3) is 0 Å². The van der Waals surface area contributed by atoms with Gasteiger partial charge < -0.3 is 9.64 Å². The molecule has 0 bridgehead atoms. The highest BCUT2D eigenvalue weighted by atomic mass is 32.1. The van der Waals surface area contributed by atoms with Crippen molar-refractivity contribution >= 4 is 18.2 Å². The Kier molecular flexibility index (Phi) is 5.70. The van der Waals surface area contributed by atoms with E-state index < -0.39 is 0 Å². The lowest BCUT2D eigenvalue weighted by Gasteiger charge is -2.28. The molecule has 2 heterocycles. The first-order valence-electron chi connectivity index (χ1n) is 11.1. The predicted molar refractivity (Wildman–Crippen MR) is 117 cm³/mol. The number of aromatic nitrogens is 3. The van der Waals surface area contributed by atoms with Gasteiger partial charge in [0, 0.05) is 25.2 Å². The molecule has 0 amide bonds. The van der Waals surface area contributed by atoms with Gasteiger partial charge in [-0.3, -0.25) is 9.47 Å². The van der Waals surface area contributed by atoms with E-state index in [1.165, 1.54) is 44.1 Å². The lowest BCUT2D eigenvalue weighted by molar-refractivity contribution is 0.121. The molecule has 6 nitrogen and oxygen atoms in total. The maximum atomic E-state index is 5.96. The molecular formula is C22H31N5OS. The highest BCUT2D eigenvalue weighted by Gasteiger charge is 2.36. The Morgan fingerprint density at radius 2 is 1.69 bits per heavy atom. The molecule has 1 aromatic heterocycles.